The summed E-state index contributed by atoms with van der Waals surface area (Å²) in [5, 5.41) is 2.88. The average molecular weight is 255 g/mol. The monoisotopic (exact) mass is 255 g/mol. The van der Waals surface area contributed by atoms with E-state index in [1.165, 1.54) is 0 Å². The minimum atomic E-state index is -0.411. The second-order valence-electron chi connectivity index (χ2n) is 4.28. The first-order chi connectivity index (χ1) is 8.09. The minimum absolute atomic E-state index is 0.125. The van der Waals surface area contributed by atoms with Gasteiger partial charge in [0, 0.05) is 25.2 Å². The van der Waals surface area contributed by atoms with E-state index >= 15 is 0 Å². The third kappa shape index (κ3) is 3.04. The molecule has 0 spiro atoms. The molecule has 1 rings (SSSR count). The Morgan fingerprint density at radius 2 is 2.18 bits per heavy atom. The van der Waals surface area contributed by atoms with Crippen LogP contribution in [0.5, 0.6) is 0 Å². The highest BCUT2D eigenvalue weighted by Crippen LogP contribution is 2.27. The zero-order valence-corrected chi connectivity index (χ0v) is 11.6. The Bertz CT molecular complexity index is 338. The number of rotatable bonds is 6. The maximum Gasteiger partial charge on any atom is 0.230 e. The van der Waals surface area contributed by atoms with E-state index in [9.17, 15) is 4.79 Å². The molecular weight excluding hydrogens is 234 g/mol. The number of hydrogen-bond donors (Lipinski definition) is 1. The summed E-state index contributed by atoms with van der Waals surface area (Å²) in [7, 11) is 1.82. The summed E-state index contributed by atoms with van der Waals surface area (Å²) in [6.07, 6.45) is 3.32. The van der Waals surface area contributed by atoms with Crippen molar-refractivity contribution in [2.24, 2.45) is 11.1 Å². The van der Waals surface area contributed by atoms with Crippen LogP contribution >= 0.6 is 11.3 Å². The van der Waals surface area contributed by atoms with Crippen LogP contribution in [0.15, 0.2) is 11.6 Å². The number of carbonyl (C=O) groups excluding carboxylic acids is 1. The molecule has 0 unspecified atom stereocenters. The van der Waals surface area contributed by atoms with Gasteiger partial charge in [-0.2, -0.15) is 0 Å². The molecule has 0 aliphatic carbocycles. The number of carbonyl (C=O) groups is 1. The standard InChI is InChI=1S/C12H21N3OS/c1-4-12(5-2,9-13)11(16)15(3)8-10-14-6-7-17-10/h6-7H,4-5,8-9,13H2,1-3H3. The molecule has 96 valence electrons. The number of nitrogens with two attached hydrogens (primary N) is 1. The van der Waals surface area contributed by atoms with Gasteiger partial charge in [-0.25, -0.2) is 4.98 Å². The first-order valence-electron chi connectivity index (χ1n) is 5.93. The van der Waals surface area contributed by atoms with E-state index < -0.39 is 5.41 Å². The highest BCUT2D eigenvalue weighted by atomic mass is 32.1. The maximum atomic E-state index is 12.4. The van der Waals surface area contributed by atoms with Crippen molar-refractivity contribution in [3.05, 3.63) is 16.6 Å². The molecule has 0 saturated heterocycles. The lowest BCUT2D eigenvalue weighted by Crippen LogP contribution is -2.45. The predicted octanol–water partition coefficient (Wildman–Crippen LogP) is 1.87. The van der Waals surface area contributed by atoms with Crippen LogP contribution in [0.2, 0.25) is 0 Å². The van der Waals surface area contributed by atoms with Gasteiger partial charge in [0.15, 0.2) is 0 Å². The number of amides is 1. The lowest BCUT2D eigenvalue weighted by molar-refractivity contribution is -0.141. The summed E-state index contributed by atoms with van der Waals surface area (Å²) in [6, 6.07) is 0. The summed E-state index contributed by atoms with van der Waals surface area (Å²) < 4.78 is 0. The molecule has 0 saturated carbocycles. The lowest BCUT2D eigenvalue weighted by atomic mass is 9.81. The van der Waals surface area contributed by atoms with Crippen LogP contribution in [0, 0.1) is 5.41 Å². The molecule has 1 aromatic heterocycles. The number of hydrogen-bond acceptors (Lipinski definition) is 4. The van der Waals surface area contributed by atoms with Gasteiger partial charge in [-0.15, -0.1) is 11.3 Å². The maximum absolute atomic E-state index is 12.4. The van der Waals surface area contributed by atoms with Crippen molar-refractivity contribution in [2.45, 2.75) is 33.2 Å². The van der Waals surface area contributed by atoms with Gasteiger partial charge in [0.05, 0.1) is 12.0 Å². The Hall–Kier alpha value is -0.940. The van der Waals surface area contributed by atoms with Crippen LogP contribution in [0.3, 0.4) is 0 Å². The third-order valence-corrected chi connectivity index (χ3v) is 4.16. The Balaban J connectivity index is 2.74. The predicted molar refractivity (Wildman–Crippen MR) is 70.7 cm³/mol. The largest absolute Gasteiger partial charge is 0.338 e. The highest BCUT2D eigenvalue weighted by molar-refractivity contribution is 7.09. The fourth-order valence-corrected chi connectivity index (χ4v) is 2.61. The molecule has 1 amide bonds. The van der Waals surface area contributed by atoms with E-state index in [4.69, 9.17) is 5.73 Å². The van der Waals surface area contributed by atoms with E-state index in [1.54, 1.807) is 22.4 Å². The lowest BCUT2D eigenvalue weighted by Gasteiger charge is -2.32. The molecule has 5 heteroatoms. The fraction of sp³-hybridized carbons (Fsp3) is 0.667. The van der Waals surface area contributed by atoms with Crippen molar-refractivity contribution >= 4 is 17.2 Å². The summed E-state index contributed by atoms with van der Waals surface area (Å²) in [4.78, 5) is 18.3. The molecule has 4 nitrogen and oxygen atoms in total. The zero-order valence-electron chi connectivity index (χ0n) is 10.8. The van der Waals surface area contributed by atoms with E-state index in [-0.39, 0.29) is 5.91 Å². The molecule has 0 aromatic carbocycles. The SMILES string of the molecule is CCC(CC)(CN)C(=O)N(C)Cc1nccs1. The van der Waals surface area contributed by atoms with Crippen LogP contribution < -0.4 is 5.73 Å². The Morgan fingerprint density at radius 3 is 2.59 bits per heavy atom. The van der Waals surface area contributed by atoms with Crippen LogP contribution in [-0.2, 0) is 11.3 Å². The molecular formula is C12H21N3OS. The van der Waals surface area contributed by atoms with Gasteiger partial charge in [0.25, 0.3) is 0 Å². The van der Waals surface area contributed by atoms with E-state index in [2.05, 4.69) is 4.98 Å². The van der Waals surface area contributed by atoms with Crippen LogP contribution in [0.1, 0.15) is 31.7 Å². The number of aromatic nitrogens is 1. The van der Waals surface area contributed by atoms with E-state index in [1.807, 2.05) is 26.3 Å². The molecule has 17 heavy (non-hydrogen) atoms. The number of nitrogens with zero attached hydrogens (tertiary/aromatic N) is 2. The summed E-state index contributed by atoms with van der Waals surface area (Å²) >= 11 is 1.57. The normalized spacial score (nSPS) is 11.5. The van der Waals surface area contributed by atoms with Gasteiger partial charge in [-0.3, -0.25) is 4.79 Å². The van der Waals surface area contributed by atoms with Crippen molar-refractivity contribution < 1.29 is 4.79 Å². The molecule has 1 aromatic rings. The molecule has 0 bridgehead atoms. The Morgan fingerprint density at radius 1 is 1.53 bits per heavy atom. The van der Waals surface area contributed by atoms with Crippen molar-refractivity contribution in [3.8, 4) is 0 Å². The second kappa shape index (κ2) is 6.12. The highest BCUT2D eigenvalue weighted by Gasteiger charge is 2.35. The van der Waals surface area contributed by atoms with Crippen molar-refractivity contribution in [1.82, 2.24) is 9.88 Å². The van der Waals surface area contributed by atoms with Crippen molar-refractivity contribution in [3.63, 3.8) is 0 Å². The Kier molecular flexibility index (Phi) is 5.08. The summed E-state index contributed by atoms with van der Waals surface area (Å²) in [5.41, 5.74) is 5.37. The van der Waals surface area contributed by atoms with Gasteiger partial charge < -0.3 is 10.6 Å². The van der Waals surface area contributed by atoms with E-state index in [0.717, 1.165) is 17.8 Å². The molecule has 0 radical (unpaired) electrons. The average Bonchev–Trinajstić information content (AvgIpc) is 2.84. The van der Waals surface area contributed by atoms with Crippen LogP contribution in [-0.4, -0.2) is 29.4 Å². The molecule has 1 heterocycles. The number of thiazole rings is 1. The third-order valence-electron chi connectivity index (χ3n) is 3.40. The van der Waals surface area contributed by atoms with Crippen molar-refractivity contribution in [2.75, 3.05) is 13.6 Å². The fourth-order valence-electron chi connectivity index (χ4n) is 1.94. The first-order valence-corrected chi connectivity index (χ1v) is 6.81. The zero-order chi connectivity index (χ0) is 12.9. The second-order valence-corrected chi connectivity index (χ2v) is 5.26. The smallest absolute Gasteiger partial charge is 0.230 e. The first kappa shape index (κ1) is 14.1. The van der Waals surface area contributed by atoms with Gasteiger partial charge in [0.1, 0.15) is 5.01 Å². The molecule has 0 aliphatic rings. The van der Waals surface area contributed by atoms with Gasteiger partial charge in [0.2, 0.25) is 5.91 Å². The van der Waals surface area contributed by atoms with Gasteiger partial charge >= 0.3 is 0 Å². The quantitative estimate of drug-likeness (QED) is 0.844. The van der Waals surface area contributed by atoms with Crippen LogP contribution in [0.25, 0.3) is 0 Å². The molecule has 0 atom stereocenters. The van der Waals surface area contributed by atoms with Crippen LogP contribution in [0.4, 0.5) is 0 Å². The van der Waals surface area contributed by atoms with Crippen molar-refractivity contribution in [1.29, 1.82) is 0 Å². The van der Waals surface area contributed by atoms with Gasteiger partial charge in [-0.1, -0.05) is 13.8 Å². The summed E-state index contributed by atoms with van der Waals surface area (Å²) in [6.45, 7) is 5.01. The Labute approximate surface area is 107 Å². The molecule has 0 fully saturated rings. The topological polar surface area (TPSA) is 59.2 Å². The molecule has 0 aliphatic heterocycles. The summed E-state index contributed by atoms with van der Waals surface area (Å²) in [5.74, 6) is 0.125. The van der Waals surface area contributed by atoms with E-state index in [0.29, 0.717) is 13.1 Å². The van der Waals surface area contributed by atoms with Gasteiger partial charge in [-0.05, 0) is 12.8 Å². The molecule has 2 N–H and O–H groups in total. The minimum Gasteiger partial charge on any atom is -0.338 e.